The lowest BCUT2D eigenvalue weighted by molar-refractivity contribution is -0.121. The van der Waals surface area contributed by atoms with E-state index in [0.29, 0.717) is 19.6 Å². The Morgan fingerprint density at radius 2 is 2.07 bits per heavy atom. The number of aryl methyl sites for hydroxylation is 1. The van der Waals surface area contributed by atoms with Crippen LogP contribution in [0.5, 0.6) is 0 Å². The molecule has 1 aliphatic carbocycles. The Morgan fingerprint density at radius 3 is 2.82 bits per heavy atom. The van der Waals surface area contributed by atoms with Gasteiger partial charge in [-0.15, -0.1) is 0 Å². The third kappa shape index (κ3) is 3.90. The van der Waals surface area contributed by atoms with Gasteiger partial charge in [0.25, 0.3) is 0 Å². The third-order valence-corrected chi connectivity index (χ3v) is 5.95. The molecule has 0 radical (unpaired) electrons. The number of amides is 1. The third-order valence-electron chi connectivity index (χ3n) is 5.95. The molecule has 1 aromatic heterocycles. The average Bonchev–Trinajstić information content (AvgIpc) is 3.29. The first-order chi connectivity index (χ1) is 13.6. The van der Waals surface area contributed by atoms with E-state index in [4.69, 9.17) is 4.74 Å². The smallest absolute Gasteiger partial charge is 0.224 e. The van der Waals surface area contributed by atoms with Crippen molar-refractivity contribution in [2.24, 2.45) is 0 Å². The highest BCUT2D eigenvalue weighted by Gasteiger charge is 2.29. The Labute approximate surface area is 166 Å². The second kappa shape index (κ2) is 8.31. The van der Waals surface area contributed by atoms with Crippen molar-refractivity contribution in [1.82, 2.24) is 9.88 Å². The summed E-state index contributed by atoms with van der Waals surface area (Å²) < 4.78 is 7.62. The maximum absolute atomic E-state index is 12.7. The molecule has 1 aliphatic heterocycles. The van der Waals surface area contributed by atoms with E-state index in [1.165, 1.54) is 5.56 Å². The normalized spacial score (nSPS) is 18.9. The Hall–Kier alpha value is -2.40. The fraction of sp³-hybridized carbons (Fsp3) is 0.478. The lowest BCUT2D eigenvalue weighted by atomic mass is 9.92. The zero-order chi connectivity index (χ0) is 19.5. The maximum Gasteiger partial charge on any atom is 0.224 e. The van der Waals surface area contributed by atoms with E-state index in [9.17, 15) is 9.59 Å². The van der Waals surface area contributed by atoms with Crippen molar-refractivity contribution < 1.29 is 14.3 Å². The van der Waals surface area contributed by atoms with Crippen LogP contribution in [-0.4, -0.2) is 35.5 Å². The molecule has 1 N–H and O–H groups in total. The molecule has 1 atom stereocenters. The summed E-state index contributed by atoms with van der Waals surface area (Å²) in [5.74, 6) is 0.176. The van der Waals surface area contributed by atoms with E-state index in [-0.39, 0.29) is 24.2 Å². The van der Waals surface area contributed by atoms with Crippen molar-refractivity contribution in [3.63, 3.8) is 0 Å². The summed E-state index contributed by atoms with van der Waals surface area (Å²) in [5, 5.41) is 3.06. The number of rotatable bonds is 6. The number of nitrogens with one attached hydrogen (secondary N) is 1. The van der Waals surface area contributed by atoms with Crippen LogP contribution in [0.2, 0.25) is 0 Å². The number of carbonyl (C=O) groups is 2. The van der Waals surface area contributed by atoms with Crippen LogP contribution in [0.25, 0.3) is 0 Å². The quantitative estimate of drug-likeness (QED) is 0.838. The van der Waals surface area contributed by atoms with Gasteiger partial charge < -0.3 is 14.6 Å². The van der Waals surface area contributed by atoms with Crippen LogP contribution >= 0.6 is 0 Å². The molecule has 0 saturated carbocycles. The van der Waals surface area contributed by atoms with E-state index < -0.39 is 0 Å². The molecule has 28 heavy (non-hydrogen) atoms. The van der Waals surface area contributed by atoms with Crippen molar-refractivity contribution in [2.75, 3.05) is 13.2 Å². The highest BCUT2D eigenvalue weighted by Crippen LogP contribution is 2.30. The number of ketones is 1. The van der Waals surface area contributed by atoms with Gasteiger partial charge in [-0.25, -0.2) is 0 Å². The summed E-state index contributed by atoms with van der Waals surface area (Å²) in [4.78, 5) is 25.3. The molecule has 1 amide bonds. The SMILES string of the molecule is Cc1c(CC(=O)N[C@@H]2CCOC2)c2c(n1CCc1ccccc1)CCCC2=O. The van der Waals surface area contributed by atoms with Crippen LogP contribution < -0.4 is 5.32 Å². The lowest BCUT2D eigenvalue weighted by Gasteiger charge is -2.16. The van der Waals surface area contributed by atoms with Gasteiger partial charge in [0.05, 0.1) is 19.1 Å². The standard InChI is InChI=1S/C23H28N2O3/c1-16-19(14-22(27)24-18-11-13-28-15-18)23-20(8-5-9-21(23)26)25(16)12-10-17-6-3-2-4-7-17/h2-4,6-7,18H,5,8-15H2,1H3,(H,24,27)/t18-/m1/s1. The fourth-order valence-corrected chi connectivity index (χ4v) is 4.48. The van der Waals surface area contributed by atoms with Gasteiger partial charge in [-0.05, 0) is 43.7 Å². The molecule has 0 unspecified atom stereocenters. The number of carbonyl (C=O) groups excluding carboxylic acids is 2. The van der Waals surface area contributed by atoms with Crippen LogP contribution in [0.1, 0.15) is 52.1 Å². The number of Topliss-reactive ketones (excluding diaryl/α,β-unsaturated/α-hetero) is 1. The van der Waals surface area contributed by atoms with E-state index in [2.05, 4.69) is 41.1 Å². The molecule has 2 heterocycles. The van der Waals surface area contributed by atoms with E-state index in [0.717, 1.165) is 54.7 Å². The van der Waals surface area contributed by atoms with Gasteiger partial charge in [0.15, 0.2) is 5.78 Å². The molecule has 148 valence electrons. The van der Waals surface area contributed by atoms with Gasteiger partial charge in [0, 0.05) is 36.5 Å². The highest BCUT2D eigenvalue weighted by atomic mass is 16.5. The molecule has 1 fully saturated rings. The predicted molar refractivity (Wildman–Crippen MR) is 108 cm³/mol. The van der Waals surface area contributed by atoms with Crippen LogP contribution in [0, 0.1) is 6.92 Å². The van der Waals surface area contributed by atoms with E-state index in [1.54, 1.807) is 0 Å². The molecule has 1 saturated heterocycles. The molecule has 1 aromatic carbocycles. The van der Waals surface area contributed by atoms with Gasteiger partial charge in [0.2, 0.25) is 5.91 Å². The summed E-state index contributed by atoms with van der Waals surface area (Å²) in [6.45, 7) is 4.18. The molecule has 0 bridgehead atoms. The van der Waals surface area contributed by atoms with Gasteiger partial charge in [-0.1, -0.05) is 30.3 Å². The van der Waals surface area contributed by atoms with Crippen molar-refractivity contribution in [2.45, 2.75) is 58.0 Å². The minimum atomic E-state index is -0.0139. The Balaban J connectivity index is 1.57. The minimum Gasteiger partial charge on any atom is -0.379 e. The number of aromatic nitrogens is 1. The van der Waals surface area contributed by atoms with Crippen LogP contribution in [-0.2, 0) is 35.3 Å². The number of hydrogen-bond acceptors (Lipinski definition) is 3. The molecule has 2 aromatic rings. The van der Waals surface area contributed by atoms with Crippen molar-refractivity contribution >= 4 is 11.7 Å². The molecular formula is C23H28N2O3. The fourth-order valence-electron chi connectivity index (χ4n) is 4.48. The Morgan fingerprint density at radius 1 is 1.25 bits per heavy atom. The van der Waals surface area contributed by atoms with Gasteiger partial charge in [-0.2, -0.15) is 0 Å². The first-order valence-corrected chi connectivity index (χ1v) is 10.3. The largest absolute Gasteiger partial charge is 0.379 e. The zero-order valence-corrected chi connectivity index (χ0v) is 16.5. The summed E-state index contributed by atoms with van der Waals surface area (Å²) in [5.41, 5.74) is 5.21. The Bertz CT molecular complexity index is 864. The average molecular weight is 380 g/mol. The van der Waals surface area contributed by atoms with Crippen molar-refractivity contribution in [3.05, 3.63) is 58.4 Å². The van der Waals surface area contributed by atoms with Gasteiger partial charge in [-0.3, -0.25) is 9.59 Å². The van der Waals surface area contributed by atoms with E-state index in [1.807, 2.05) is 6.07 Å². The number of ether oxygens (including phenoxy) is 1. The minimum absolute atomic E-state index is 0.0139. The number of nitrogens with zero attached hydrogens (tertiary/aromatic N) is 1. The summed E-state index contributed by atoms with van der Waals surface area (Å²) in [6, 6.07) is 10.5. The van der Waals surface area contributed by atoms with Crippen LogP contribution in [0.4, 0.5) is 0 Å². The van der Waals surface area contributed by atoms with Crippen LogP contribution in [0.15, 0.2) is 30.3 Å². The summed E-state index contributed by atoms with van der Waals surface area (Å²) in [6.07, 6.45) is 4.44. The zero-order valence-electron chi connectivity index (χ0n) is 16.5. The lowest BCUT2D eigenvalue weighted by Crippen LogP contribution is -2.36. The van der Waals surface area contributed by atoms with E-state index >= 15 is 0 Å². The summed E-state index contributed by atoms with van der Waals surface area (Å²) >= 11 is 0. The second-order valence-corrected chi connectivity index (χ2v) is 7.85. The van der Waals surface area contributed by atoms with Crippen LogP contribution in [0.3, 0.4) is 0 Å². The first kappa shape index (κ1) is 18.9. The molecule has 4 rings (SSSR count). The molecule has 0 spiro atoms. The molecule has 5 nitrogen and oxygen atoms in total. The topological polar surface area (TPSA) is 60.3 Å². The second-order valence-electron chi connectivity index (χ2n) is 7.85. The summed E-state index contributed by atoms with van der Waals surface area (Å²) in [7, 11) is 0. The molecule has 5 heteroatoms. The predicted octanol–water partition coefficient (Wildman–Crippen LogP) is 3.01. The first-order valence-electron chi connectivity index (χ1n) is 10.3. The number of hydrogen-bond donors (Lipinski definition) is 1. The Kier molecular flexibility index (Phi) is 5.62. The molecule has 2 aliphatic rings. The van der Waals surface area contributed by atoms with Crippen molar-refractivity contribution in [1.29, 1.82) is 0 Å². The maximum atomic E-state index is 12.7. The van der Waals surface area contributed by atoms with Crippen molar-refractivity contribution in [3.8, 4) is 0 Å². The number of fused-ring (bicyclic) bond motifs is 1. The van der Waals surface area contributed by atoms with Gasteiger partial charge in [0.1, 0.15) is 0 Å². The highest BCUT2D eigenvalue weighted by molar-refractivity contribution is 6.01. The number of benzene rings is 1. The molecular weight excluding hydrogens is 352 g/mol. The van der Waals surface area contributed by atoms with Gasteiger partial charge >= 0.3 is 0 Å². The monoisotopic (exact) mass is 380 g/mol.